The van der Waals surface area contributed by atoms with E-state index in [4.69, 9.17) is 34.2 Å². The van der Waals surface area contributed by atoms with Crippen molar-refractivity contribution in [3.05, 3.63) is 44.7 Å². The van der Waals surface area contributed by atoms with E-state index in [1.165, 1.54) is 18.9 Å². The molecule has 21 heavy (non-hydrogen) atoms. The molecule has 8 heteroatoms. The first-order valence-corrected chi connectivity index (χ1v) is 7.20. The fourth-order valence-corrected chi connectivity index (χ4v) is 2.36. The summed E-state index contributed by atoms with van der Waals surface area (Å²) in [5.74, 6) is -0.235. The molecular formula is C13H11ClNNaO3S2. The van der Waals surface area contributed by atoms with Crippen LogP contribution in [-0.4, -0.2) is 19.9 Å². The Morgan fingerprint density at radius 1 is 1.43 bits per heavy atom. The average Bonchev–Trinajstić information content (AvgIpc) is 2.45. The van der Waals surface area contributed by atoms with E-state index < -0.39 is 5.97 Å². The van der Waals surface area contributed by atoms with Crippen LogP contribution in [0.5, 0.6) is 0 Å². The van der Waals surface area contributed by atoms with Crippen LogP contribution in [0, 0.1) is 11.3 Å². The van der Waals surface area contributed by atoms with Crippen LogP contribution in [0.1, 0.15) is 5.56 Å². The Bertz CT molecular complexity index is 543. The van der Waals surface area contributed by atoms with Crippen LogP contribution >= 0.6 is 23.4 Å². The number of benzene rings is 1. The first-order chi connectivity index (χ1) is 9.58. The maximum absolute atomic E-state index is 11.6. The molecule has 0 N–H and O–H groups in total. The summed E-state index contributed by atoms with van der Waals surface area (Å²) in [5, 5.41) is 9.60. The Hall–Kier alpha value is -0.260. The Morgan fingerprint density at radius 2 is 2.05 bits per heavy atom. The molecule has 0 amide bonds. The third kappa shape index (κ3) is 7.52. The molecule has 0 bridgehead atoms. The average molecular weight is 352 g/mol. The Balaban J connectivity index is 0.00000400. The van der Waals surface area contributed by atoms with E-state index in [1.807, 2.05) is 12.1 Å². The van der Waals surface area contributed by atoms with Crippen LogP contribution in [0.3, 0.4) is 0 Å². The third-order valence-electron chi connectivity index (χ3n) is 2.11. The first-order valence-electron chi connectivity index (χ1n) is 5.43. The molecule has 0 aromatic heterocycles. The SMILES string of the molecule is COCOC(=O)/C(C#N)=C(\[S-])SCc1ccc(Cl)cc1.[Na+]. The van der Waals surface area contributed by atoms with E-state index in [1.54, 1.807) is 18.2 Å². The fraction of sp³-hybridized carbons (Fsp3) is 0.231. The van der Waals surface area contributed by atoms with E-state index in [2.05, 4.69) is 4.74 Å². The molecule has 4 nitrogen and oxygen atoms in total. The minimum Gasteiger partial charge on any atom is -0.771 e. The van der Waals surface area contributed by atoms with Crippen LogP contribution < -0.4 is 29.6 Å². The van der Waals surface area contributed by atoms with Gasteiger partial charge in [-0.15, -0.1) is 16.0 Å². The summed E-state index contributed by atoms with van der Waals surface area (Å²) in [6.45, 7) is -0.214. The molecular weight excluding hydrogens is 341 g/mol. The maximum Gasteiger partial charge on any atom is 1.00 e. The Kier molecular flexibility index (Phi) is 11.2. The maximum atomic E-state index is 11.6. The number of esters is 1. The van der Waals surface area contributed by atoms with E-state index >= 15 is 0 Å². The van der Waals surface area contributed by atoms with Crippen molar-refractivity contribution in [3.63, 3.8) is 0 Å². The predicted octanol–water partition coefficient (Wildman–Crippen LogP) is 0.00638. The van der Waals surface area contributed by atoms with Gasteiger partial charge in [0.1, 0.15) is 11.6 Å². The van der Waals surface area contributed by atoms with Gasteiger partial charge in [0, 0.05) is 17.9 Å². The molecule has 0 aliphatic heterocycles. The number of rotatable bonds is 6. The van der Waals surface area contributed by atoms with E-state index in [0.29, 0.717) is 10.8 Å². The van der Waals surface area contributed by atoms with Gasteiger partial charge in [0.2, 0.25) is 0 Å². The summed E-state index contributed by atoms with van der Waals surface area (Å²) >= 11 is 12.1. The summed E-state index contributed by atoms with van der Waals surface area (Å²) in [6, 6.07) is 9.00. The van der Waals surface area contributed by atoms with Crippen LogP contribution in [0.25, 0.3) is 0 Å². The van der Waals surface area contributed by atoms with Gasteiger partial charge in [-0.2, -0.15) is 5.26 Å². The molecule has 1 rings (SSSR count). The zero-order chi connectivity index (χ0) is 15.0. The van der Waals surface area contributed by atoms with E-state index in [-0.39, 0.29) is 46.2 Å². The molecule has 0 atom stereocenters. The second-order valence-corrected chi connectivity index (χ2v) is 5.62. The normalized spacial score (nSPS) is 10.9. The van der Waals surface area contributed by atoms with Gasteiger partial charge < -0.3 is 22.1 Å². The van der Waals surface area contributed by atoms with Gasteiger partial charge in [0.25, 0.3) is 0 Å². The van der Waals surface area contributed by atoms with Crippen molar-refractivity contribution in [1.29, 1.82) is 5.26 Å². The van der Waals surface area contributed by atoms with Crippen molar-refractivity contribution in [1.82, 2.24) is 0 Å². The second kappa shape index (κ2) is 11.3. The number of nitriles is 1. The van der Waals surface area contributed by atoms with Crippen molar-refractivity contribution in [2.75, 3.05) is 13.9 Å². The number of ether oxygens (including phenoxy) is 2. The standard InChI is InChI=1S/C13H12ClNO3S2.Na/c1-17-8-18-12(16)11(6-15)13(19)20-7-9-2-4-10(14)5-3-9;/h2-5,19H,7-8H2,1H3;/q;+1/p-1/b13-11+;. The molecule has 1 aromatic rings. The minimum atomic E-state index is -0.775. The van der Waals surface area contributed by atoms with Gasteiger partial charge in [0.15, 0.2) is 6.79 Å². The van der Waals surface area contributed by atoms with Gasteiger partial charge in [0.05, 0.1) is 0 Å². The van der Waals surface area contributed by atoms with E-state index in [0.717, 1.165) is 5.56 Å². The van der Waals surface area contributed by atoms with Gasteiger partial charge in [-0.3, -0.25) is 0 Å². The number of halogens is 1. The van der Waals surface area contributed by atoms with Crippen molar-refractivity contribution in [3.8, 4) is 6.07 Å². The van der Waals surface area contributed by atoms with Crippen LogP contribution in [-0.2, 0) is 32.6 Å². The van der Waals surface area contributed by atoms with Crippen molar-refractivity contribution in [2.24, 2.45) is 0 Å². The minimum absolute atomic E-state index is 0. The molecule has 0 saturated carbocycles. The number of carbonyl (C=O) groups is 1. The summed E-state index contributed by atoms with van der Waals surface area (Å²) < 4.78 is 9.49. The summed E-state index contributed by atoms with van der Waals surface area (Å²) in [5.41, 5.74) is 0.806. The molecule has 0 unspecified atom stereocenters. The third-order valence-corrected chi connectivity index (χ3v) is 3.86. The molecule has 0 spiro atoms. The number of carbonyl (C=O) groups excluding carboxylic acids is 1. The molecule has 0 saturated heterocycles. The van der Waals surface area contributed by atoms with Gasteiger partial charge >= 0.3 is 35.5 Å². The zero-order valence-corrected chi connectivity index (χ0v) is 16.0. The molecule has 0 fully saturated rings. The number of nitrogens with zero attached hydrogens (tertiary/aromatic N) is 1. The summed E-state index contributed by atoms with van der Waals surface area (Å²) in [7, 11) is 1.38. The molecule has 0 heterocycles. The van der Waals surface area contributed by atoms with Gasteiger partial charge in [-0.05, 0) is 17.7 Å². The number of hydrogen-bond acceptors (Lipinski definition) is 6. The predicted molar refractivity (Wildman–Crippen MR) is 80.7 cm³/mol. The van der Waals surface area contributed by atoms with Crippen LogP contribution in [0.2, 0.25) is 5.02 Å². The number of hydrogen-bond donors (Lipinski definition) is 0. The zero-order valence-electron chi connectivity index (χ0n) is 11.6. The molecule has 0 radical (unpaired) electrons. The van der Waals surface area contributed by atoms with Crippen molar-refractivity contribution >= 4 is 42.0 Å². The van der Waals surface area contributed by atoms with Crippen molar-refractivity contribution in [2.45, 2.75) is 5.75 Å². The van der Waals surface area contributed by atoms with Crippen molar-refractivity contribution < 1.29 is 43.8 Å². The molecule has 1 aromatic carbocycles. The molecule has 0 aliphatic rings. The van der Waals surface area contributed by atoms with Crippen LogP contribution in [0.4, 0.5) is 0 Å². The largest absolute Gasteiger partial charge is 1.00 e. The Labute approximate surface area is 160 Å². The number of thioether (sulfide) groups is 1. The molecule has 106 valence electrons. The first kappa shape index (κ1) is 20.7. The van der Waals surface area contributed by atoms with E-state index in [9.17, 15) is 4.79 Å². The Morgan fingerprint density at radius 3 is 2.57 bits per heavy atom. The summed E-state index contributed by atoms with van der Waals surface area (Å²) in [6.07, 6.45) is 0. The van der Waals surface area contributed by atoms with Crippen LogP contribution in [0.15, 0.2) is 34.1 Å². The fourth-order valence-electron chi connectivity index (χ4n) is 1.16. The quantitative estimate of drug-likeness (QED) is 0.180. The summed E-state index contributed by atoms with van der Waals surface area (Å²) in [4.78, 5) is 11.6. The second-order valence-electron chi connectivity index (χ2n) is 3.53. The van der Waals surface area contributed by atoms with Gasteiger partial charge in [-0.1, -0.05) is 23.7 Å². The molecule has 0 aliphatic carbocycles. The number of methoxy groups -OCH3 is 1. The smallest absolute Gasteiger partial charge is 0.771 e. The monoisotopic (exact) mass is 351 g/mol. The topological polar surface area (TPSA) is 59.3 Å². The van der Waals surface area contributed by atoms with Gasteiger partial charge in [-0.25, -0.2) is 4.79 Å².